The zero-order valence-electron chi connectivity index (χ0n) is 14.6. The van der Waals surface area contributed by atoms with Crippen molar-refractivity contribution >= 4 is 23.6 Å². The van der Waals surface area contributed by atoms with E-state index in [1.807, 2.05) is 0 Å². The summed E-state index contributed by atoms with van der Waals surface area (Å²) in [7, 11) is 2.77. The van der Waals surface area contributed by atoms with Gasteiger partial charge in [-0.3, -0.25) is 4.79 Å². The van der Waals surface area contributed by atoms with Crippen LogP contribution in [0.2, 0.25) is 0 Å². The van der Waals surface area contributed by atoms with Gasteiger partial charge < -0.3 is 14.8 Å². The second-order valence-corrected chi connectivity index (χ2v) is 6.52. The molecule has 0 fully saturated rings. The van der Waals surface area contributed by atoms with Gasteiger partial charge in [0.1, 0.15) is 17.1 Å². The first-order chi connectivity index (χ1) is 12.5. The molecule has 0 spiro atoms. The van der Waals surface area contributed by atoms with Crippen molar-refractivity contribution in [3.05, 3.63) is 59.4 Å². The summed E-state index contributed by atoms with van der Waals surface area (Å²) in [5.74, 6) is 0.134. The van der Waals surface area contributed by atoms with Gasteiger partial charge in [-0.1, -0.05) is 6.07 Å². The minimum absolute atomic E-state index is 0.102. The van der Waals surface area contributed by atoms with Gasteiger partial charge in [-0.05, 0) is 42.0 Å². The summed E-state index contributed by atoms with van der Waals surface area (Å²) < 4.78 is 22.7. The molecule has 0 unspecified atom stereocenters. The van der Waals surface area contributed by atoms with Crippen LogP contribution in [0.3, 0.4) is 0 Å². The zero-order valence-corrected chi connectivity index (χ0v) is 15.4. The fraction of sp³-hybridized carbons (Fsp3) is 0.263. The Balaban J connectivity index is 1.83. The Hall–Kier alpha value is -2.54. The van der Waals surface area contributed by atoms with Crippen molar-refractivity contribution in [1.29, 1.82) is 0 Å². The largest absolute Gasteiger partial charge is 0.496 e. The van der Waals surface area contributed by atoms with Crippen LogP contribution in [0.5, 0.6) is 5.75 Å². The van der Waals surface area contributed by atoms with Gasteiger partial charge in [0.25, 0.3) is 0 Å². The lowest BCUT2D eigenvalue weighted by Crippen LogP contribution is -2.23. The lowest BCUT2D eigenvalue weighted by atomic mass is 10.1. The van der Waals surface area contributed by atoms with Gasteiger partial charge in [-0.2, -0.15) is 0 Å². The Bertz CT molecular complexity index is 765. The predicted octanol–water partition coefficient (Wildman–Crippen LogP) is 3.42. The summed E-state index contributed by atoms with van der Waals surface area (Å²) in [6, 6.07) is 11.2. The van der Waals surface area contributed by atoms with Crippen LogP contribution in [0.25, 0.3) is 0 Å². The highest BCUT2D eigenvalue weighted by molar-refractivity contribution is 7.99. The Morgan fingerprint density at radius 3 is 2.50 bits per heavy atom. The van der Waals surface area contributed by atoms with Crippen molar-refractivity contribution in [3.63, 3.8) is 0 Å². The van der Waals surface area contributed by atoms with Crippen LogP contribution in [0.15, 0.2) is 47.4 Å². The summed E-state index contributed by atoms with van der Waals surface area (Å²) >= 11 is 1.49. The summed E-state index contributed by atoms with van der Waals surface area (Å²) in [5.41, 5.74) is 1.08. The van der Waals surface area contributed by atoms with Crippen LogP contribution in [0, 0.1) is 5.82 Å². The van der Waals surface area contributed by atoms with Crippen LogP contribution in [0.1, 0.15) is 22.3 Å². The van der Waals surface area contributed by atoms with E-state index in [0.717, 1.165) is 10.5 Å². The molecule has 7 heteroatoms. The Morgan fingerprint density at radius 1 is 1.12 bits per heavy atom. The molecule has 0 aliphatic rings. The highest BCUT2D eigenvalue weighted by atomic mass is 32.2. The van der Waals surface area contributed by atoms with E-state index >= 15 is 0 Å². The Morgan fingerprint density at radius 2 is 1.85 bits per heavy atom. The maximum Gasteiger partial charge on any atom is 0.341 e. The van der Waals surface area contributed by atoms with Crippen LogP contribution in [0.4, 0.5) is 4.39 Å². The maximum atomic E-state index is 12.8. The predicted molar refractivity (Wildman–Crippen MR) is 97.9 cm³/mol. The van der Waals surface area contributed by atoms with Crippen molar-refractivity contribution < 1.29 is 23.5 Å². The fourth-order valence-electron chi connectivity index (χ4n) is 2.22. The third kappa shape index (κ3) is 5.77. The first-order valence-corrected chi connectivity index (χ1v) is 8.92. The molecule has 0 aromatic heterocycles. The molecule has 1 amide bonds. The smallest absolute Gasteiger partial charge is 0.341 e. The standard InChI is InChI=1S/C19H20FNO4S/c1-24-17-8-3-13(11-16(17)19(23)25-2)12-21-18(22)9-10-26-15-6-4-14(20)5-7-15/h3-8,11H,9-10,12H2,1-2H3,(H,21,22). The average Bonchev–Trinajstić information content (AvgIpc) is 2.67. The number of thioether (sulfide) groups is 1. The van der Waals surface area contributed by atoms with Gasteiger partial charge in [-0.15, -0.1) is 11.8 Å². The number of amides is 1. The number of methoxy groups -OCH3 is 2. The molecule has 0 saturated carbocycles. The first kappa shape index (κ1) is 19.8. The molecular formula is C19H20FNO4S. The molecule has 2 rings (SSSR count). The number of carbonyl (C=O) groups excluding carboxylic acids is 2. The molecule has 2 aromatic rings. The van der Waals surface area contributed by atoms with Gasteiger partial charge in [-0.25, -0.2) is 9.18 Å². The van der Waals surface area contributed by atoms with E-state index in [-0.39, 0.29) is 11.7 Å². The minimum Gasteiger partial charge on any atom is -0.496 e. The van der Waals surface area contributed by atoms with Crippen molar-refractivity contribution in [2.75, 3.05) is 20.0 Å². The number of hydrogen-bond donors (Lipinski definition) is 1. The fourth-order valence-corrected chi connectivity index (χ4v) is 3.07. The zero-order chi connectivity index (χ0) is 18.9. The molecule has 1 N–H and O–H groups in total. The molecule has 0 aliphatic carbocycles. The first-order valence-electron chi connectivity index (χ1n) is 7.93. The quantitative estimate of drug-likeness (QED) is 0.564. The van der Waals surface area contributed by atoms with Gasteiger partial charge in [0, 0.05) is 23.6 Å². The second-order valence-electron chi connectivity index (χ2n) is 5.36. The summed E-state index contributed by atoms with van der Waals surface area (Å²) in [6.07, 6.45) is 0.335. The van der Waals surface area contributed by atoms with E-state index in [4.69, 9.17) is 9.47 Å². The number of carbonyl (C=O) groups is 2. The Labute approximate surface area is 155 Å². The monoisotopic (exact) mass is 377 g/mol. The number of nitrogens with one attached hydrogen (secondary N) is 1. The van der Waals surface area contributed by atoms with Crippen LogP contribution < -0.4 is 10.1 Å². The third-order valence-electron chi connectivity index (χ3n) is 3.57. The molecule has 0 heterocycles. The van der Waals surface area contributed by atoms with Crippen LogP contribution in [-0.2, 0) is 16.1 Å². The molecule has 5 nitrogen and oxygen atoms in total. The van der Waals surface area contributed by atoms with Crippen molar-refractivity contribution in [2.24, 2.45) is 0 Å². The van der Waals surface area contributed by atoms with E-state index in [2.05, 4.69) is 5.32 Å². The van der Waals surface area contributed by atoms with Gasteiger partial charge in [0.15, 0.2) is 0 Å². The molecular weight excluding hydrogens is 357 g/mol. The molecule has 0 aliphatic heterocycles. The van der Waals surface area contributed by atoms with E-state index in [9.17, 15) is 14.0 Å². The summed E-state index contributed by atoms with van der Waals surface area (Å²) in [6.45, 7) is 0.300. The third-order valence-corrected chi connectivity index (χ3v) is 4.58. The highest BCUT2D eigenvalue weighted by Crippen LogP contribution is 2.21. The van der Waals surface area contributed by atoms with Crippen molar-refractivity contribution in [3.8, 4) is 5.75 Å². The number of halogens is 1. The molecule has 0 bridgehead atoms. The van der Waals surface area contributed by atoms with E-state index in [1.54, 1.807) is 30.3 Å². The van der Waals surface area contributed by atoms with Crippen LogP contribution >= 0.6 is 11.8 Å². The van der Waals surface area contributed by atoms with Crippen molar-refractivity contribution in [2.45, 2.75) is 17.9 Å². The maximum absolute atomic E-state index is 12.8. The van der Waals surface area contributed by atoms with E-state index in [0.29, 0.717) is 30.0 Å². The summed E-state index contributed by atoms with van der Waals surface area (Å²) in [5, 5.41) is 2.81. The summed E-state index contributed by atoms with van der Waals surface area (Å²) in [4.78, 5) is 24.6. The molecule has 138 valence electrons. The molecule has 2 aromatic carbocycles. The second kappa shape index (κ2) is 9.82. The lowest BCUT2D eigenvalue weighted by Gasteiger charge is -2.10. The van der Waals surface area contributed by atoms with E-state index in [1.165, 1.54) is 38.1 Å². The van der Waals surface area contributed by atoms with Gasteiger partial charge >= 0.3 is 5.97 Å². The van der Waals surface area contributed by atoms with Gasteiger partial charge in [0.2, 0.25) is 5.91 Å². The van der Waals surface area contributed by atoms with Crippen molar-refractivity contribution in [1.82, 2.24) is 5.32 Å². The topological polar surface area (TPSA) is 64.6 Å². The van der Waals surface area contributed by atoms with E-state index < -0.39 is 5.97 Å². The van der Waals surface area contributed by atoms with Gasteiger partial charge in [0.05, 0.1) is 14.2 Å². The number of benzene rings is 2. The number of hydrogen-bond acceptors (Lipinski definition) is 5. The average molecular weight is 377 g/mol. The number of ether oxygens (including phenoxy) is 2. The minimum atomic E-state index is -0.495. The Kier molecular flexibility index (Phi) is 7.47. The normalized spacial score (nSPS) is 10.3. The number of esters is 1. The van der Waals surface area contributed by atoms with Crippen LogP contribution in [-0.4, -0.2) is 31.8 Å². The molecule has 0 saturated heterocycles. The number of rotatable bonds is 8. The molecule has 0 radical (unpaired) electrons. The molecule has 0 atom stereocenters. The highest BCUT2D eigenvalue weighted by Gasteiger charge is 2.13. The lowest BCUT2D eigenvalue weighted by molar-refractivity contribution is -0.120. The molecule has 26 heavy (non-hydrogen) atoms. The SMILES string of the molecule is COC(=O)c1cc(CNC(=O)CCSc2ccc(F)cc2)ccc1OC.